The Hall–Kier alpha value is -1.51. The fourth-order valence-electron chi connectivity index (χ4n) is 2.94. The third-order valence-corrected chi connectivity index (χ3v) is 4.06. The van der Waals surface area contributed by atoms with Gasteiger partial charge in [-0.1, -0.05) is 12.1 Å². The first-order valence-corrected chi connectivity index (χ1v) is 6.25. The molecule has 1 fully saturated rings. The van der Waals surface area contributed by atoms with Gasteiger partial charge in [0.05, 0.1) is 0 Å². The van der Waals surface area contributed by atoms with Crippen molar-refractivity contribution in [3.63, 3.8) is 0 Å². The summed E-state index contributed by atoms with van der Waals surface area (Å²) >= 11 is 0. The van der Waals surface area contributed by atoms with E-state index in [-0.39, 0.29) is 5.91 Å². The zero-order valence-electron chi connectivity index (χ0n) is 10.4. The molecule has 0 bridgehead atoms. The van der Waals surface area contributed by atoms with E-state index in [4.69, 9.17) is 0 Å². The zero-order chi connectivity index (χ0) is 12.0. The number of carbonyl (C=O) groups is 1. The van der Waals surface area contributed by atoms with Crippen molar-refractivity contribution in [1.82, 2.24) is 4.90 Å². The standard InChI is InChI=1S/C14H18N2O/c1-10(17)16-8-11(9-16)12-4-3-5-14-13(12)6-7-15(14)2/h3-5,11H,6-9H2,1-2H3. The topological polar surface area (TPSA) is 23.6 Å². The van der Waals surface area contributed by atoms with Crippen LogP contribution in [0.3, 0.4) is 0 Å². The molecule has 1 saturated heterocycles. The monoisotopic (exact) mass is 230 g/mol. The van der Waals surface area contributed by atoms with E-state index in [2.05, 4.69) is 30.1 Å². The van der Waals surface area contributed by atoms with Crippen molar-refractivity contribution in [2.75, 3.05) is 31.6 Å². The molecule has 0 spiro atoms. The van der Waals surface area contributed by atoms with E-state index in [1.54, 1.807) is 6.92 Å². The predicted molar refractivity (Wildman–Crippen MR) is 68.4 cm³/mol. The minimum absolute atomic E-state index is 0.200. The number of benzene rings is 1. The summed E-state index contributed by atoms with van der Waals surface area (Å²) in [5.74, 6) is 0.756. The molecule has 3 heteroatoms. The molecular formula is C14H18N2O. The Morgan fingerprint density at radius 2 is 2.12 bits per heavy atom. The number of carbonyl (C=O) groups excluding carboxylic acids is 1. The van der Waals surface area contributed by atoms with Gasteiger partial charge in [0.25, 0.3) is 0 Å². The maximum atomic E-state index is 11.2. The van der Waals surface area contributed by atoms with Crippen molar-refractivity contribution in [2.45, 2.75) is 19.3 Å². The Balaban J connectivity index is 1.84. The third-order valence-electron chi connectivity index (χ3n) is 4.06. The minimum atomic E-state index is 0.200. The van der Waals surface area contributed by atoms with Gasteiger partial charge in [-0.2, -0.15) is 0 Å². The molecule has 3 nitrogen and oxygen atoms in total. The minimum Gasteiger partial charge on any atom is -0.374 e. The molecule has 0 N–H and O–H groups in total. The fraction of sp³-hybridized carbons (Fsp3) is 0.500. The van der Waals surface area contributed by atoms with Crippen LogP contribution >= 0.6 is 0 Å². The Bertz CT molecular complexity index is 463. The molecule has 2 heterocycles. The van der Waals surface area contributed by atoms with Gasteiger partial charge in [0.15, 0.2) is 0 Å². The highest BCUT2D eigenvalue weighted by atomic mass is 16.2. The van der Waals surface area contributed by atoms with Crippen molar-refractivity contribution < 1.29 is 4.79 Å². The Morgan fingerprint density at radius 1 is 1.35 bits per heavy atom. The number of hydrogen-bond acceptors (Lipinski definition) is 2. The van der Waals surface area contributed by atoms with Gasteiger partial charge in [0, 0.05) is 45.2 Å². The smallest absolute Gasteiger partial charge is 0.219 e. The molecule has 0 unspecified atom stereocenters. The van der Waals surface area contributed by atoms with E-state index >= 15 is 0 Å². The summed E-state index contributed by atoms with van der Waals surface area (Å²) in [4.78, 5) is 15.4. The van der Waals surface area contributed by atoms with Crippen LogP contribution in [0.4, 0.5) is 5.69 Å². The summed E-state index contributed by atoms with van der Waals surface area (Å²) < 4.78 is 0. The van der Waals surface area contributed by atoms with Crippen LogP contribution in [0.2, 0.25) is 0 Å². The molecule has 2 aliphatic rings. The molecule has 17 heavy (non-hydrogen) atoms. The van der Waals surface area contributed by atoms with Crippen LogP contribution in [-0.2, 0) is 11.2 Å². The first-order chi connectivity index (χ1) is 8.16. The van der Waals surface area contributed by atoms with E-state index in [9.17, 15) is 4.79 Å². The number of amides is 1. The van der Waals surface area contributed by atoms with Crippen molar-refractivity contribution >= 4 is 11.6 Å². The summed E-state index contributed by atoms with van der Waals surface area (Å²) in [5, 5.41) is 0. The van der Waals surface area contributed by atoms with Crippen LogP contribution in [0, 0.1) is 0 Å². The summed E-state index contributed by atoms with van der Waals surface area (Å²) in [5.41, 5.74) is 4.34. The van der Waals surface area contributed by atoms with Crippen LogP contribution in [0.1, 0.15) is 24.0 Å². The van der Waals surface area contributed by atoms with Gasteiger partial charge in [0.1, 0.15) is 0 Å². The van der Waals surface area contributed by atoms with Crippen molar-refractivity contribution in [2.24, 2.45) is 0 Å². The van der Waals surface area contributed by atoms with Crippen molar-refractivity contribution in [3.05, 3.63) is 29.3 Å². The molecule has 0 radical (unpaired) electrons. The average Bonchev–Trinajstić information content (AvgIpc) is 2.59. The number of likely N-dealkylation sites (N-methyl/N-ethyl adjacent to an activating group) is 1. The molecule has 90 valence electrons. The number of rotatable bonds is 1. The highest BCUT2D eigenvalue weighted by Crippen LogP contribution is 2.36. The predicted octanol–water partition coefficient (Wildman–Crippen LogP) is 1.62. The second-order valence-corrected chi connectivity index (χ2v) is 5.14. The van der Waals surface area contributed by atoms with Crippen LogP contribution in [-0.4, -0.2) is 37.5 Å². The largest absolute Gasteiger partial charge is 0.374 e. The molecule has 1 aromatic carbocycles. The van der Waals surface area contributed by atoms with Gasteiger partial charge in [-0.05, 0) is 23.6 Å². The Labute approximate surface area is 102 Å². The van der Waals surface area contributed by atoms with Gasteiger partial charge in [-0.25, -0.2) is 0 Å². The lowest BCUT2D eigenvalue weighted by Gasteiger charge is -2.39. The first kappa shape index (κ1) is 10.6. The molecule has 0 aliphatic carbocycles. The number of anilines is 1. The van der Waals surface area contributed by atoms with Crippen LogP contribution in [0.5, 0.6) is 0 Å². The second-order valence-electron chi connectivity index (χ2n) is 5.14. The number of fused-ring (bicyclic) bond motifs is 1. The first-order valence-electron chi connectivity index (χ1n) is 6.25. The number of hydrogen-bond donors (Lipinski definition) is 0. The van der Waals surface area contributed by atoms with E-state index < -0.39 is 0 Å². The van der Waals surface area contributed by atoms with Gasteiger partial charge >= 0.3 is 0 Å². The van der Waals surface area contributed by atoms with Crippen LogP contribution < -0.4 is 4.90 Å². The highest BCUT2D eigenvalue weighted by Gasteiger charge is 2.32. The molecule has 2 aliphatic heterocycles. The lowest BCUT2D eigenvalue weighted by molar-refractivity contribution is -0.133. The second kappa shape index (κ2) is 3.76. The van der Waals surface area contributed by atoms with Crippen LogP contribution in [0.15, 0.2) is 18.2 Å². The summed E-state index contributed by atoms with van der Waals surface area (Å²) in [6.45, 7) is 4.57. The summed E-state index contributed by atoms with van der Waals surface area (Å²) in [6.07, 6.45) is 1.15. The van der Waals surface area contributed by atoms with E-state index in [0.717, 1.165) is 26.1 Å². The van der Waals surface area contributed by atoms with E-state index in [1.807, 2.05) is 4.90 Å². The van der Waals surface area contributed by atoms with Crippen molar-refractivity contribution in [3.8, 4) is 0 Å². The average molecular weight is 230 g/mol. The maximum Gasteiger partial charge on any atom is 0.219 e. The Morgan fingerprint density at radius 3 is 2.82 bits per heavy atom. The molecule has 0 atom stereocenters. The fourth-order valence-corrected chi connectivity index (χ4v) is 2.94. The normalized spacial score (nSPS) is 19.2. The third kappa shape index (κ3) is 1.61. The van der Waals surface area contributed by atoms with E-state index in [0.29, 0.717) is 5.92 Å². The van der Waals surface area contributed by atoms with Gasteiger partial charge < -0.3 is 9.80 Å². The van der Waals surface area contributed by atoms with Gasteiger partial charge in [0.2, 0.25) is 5.91 Å². The van der Waals surface area contributed by atoms with Gasteiger partial charge in [-0.3, -0.25) is 4.79 Å². The molecule has 0 saturated carbocycles. The summed E-state index contributed by atoms with van der Waals surface area (Å²) in [6, 6.07) is 6.58. The maximum absolute atomic E-state index is 11.2. The van der Waals surface area contributed by atoms with Crippen LogP contribution in [0.25, 0.3) is 0 Å². The lowest BCUT2D eigenvalue weighted by atomic mass is 9.87. The summed E-state index contributed by atoms with van der Waals surface area (Å²) in [7, 11) is 2.15. The highest BCUT2D eigenvalue weighted by molar-refractivity contribution is 5.74. The molecule has 3 rings (SSSR count). The number of nitrogens with zero attached hydrogens (tertiary/aromatic N) is 2. The zero-order valence-corrected chi connectivity index (χ0v) is 10.4. The molecular weight excluding hydrogens is 212 g/mol. The molecule has 1 amide bonds. The molecule has 0 aromatic heterocycles. The molecule has 1 aromatic rings. The van der Waals surface area contributed by atoms with Crippen molar-refractivity contribution in [1.29, 1.82) is 0 Å². The lowest BCUT2D eigenvalue weighted by Crippen LogP contribution is -2.47. The van der Waals surface area contributed by atoms with E-state index in [1.165, 1.54) is 16.8 Å². The quantitative estimate of drug-likeness (QED) is 0.732. The number of likely N-dealkylation sites (tertiary alicyclic amines) is 1. The SMILES string of the molecule is CC(=O)N1CC(c2cccc3c2CCN3C)C1. The Kier molecular flexibility index (Phi) is 2.35. The van der Waals surface area contributed by atoms with Gasteiger partial charge in [-0.15, -0.1) is 0 Å².